The van der Waals surface area contributed by atoms with Crippen molar-refractivity contribution in [2.75, 3.05) is 6.61 Å². The zero-order valence-electron chi connectivity index (χ0n) is 12.6. The molecular weight excluding hydrogens is 292 g/mol. The van der Waals surface area contributed by atoms with Crippen molar-refractivity contribution >= 4 is 28.8 Å². The number of hydrogen-bond acceptors (Lipinski definition) is 3. The molecule has 1 aromatic rings. The lowest BCUT2D eigenvalue weighted by Crippen LogP contribution is -2.10. The van der Waals surface area contributed by atoms with Crippen molar-refractivity contribution in [1.82, 2.24) is 0 Å². The summed E-state index contributed by atoms with van der Waals surface area (Å²) >= 11 is 6.96. The molecule has 0 heterocycles. The van der Waals surface area contributed by atoms with Gasteiger partial charge >= 0.3 is 5.43 Å². The minimum Gasteiger partial charge on any atom is -0.454 e. The van der Waals surface area contributed by atoms with Crippen LogP contribution in [0.2, 0.25) is 0 Å². The van der Waals surface area contributed by atoms with Crippen LogP contribution in [0.1, 0.15) is 46.1 Å². The van der Waals surface area contributed by atoms with E-state index in [1.807, 2.05) is 11.8 Å². The van der Waals surface area contributed by atoms with E-state index in [0.717, 1.165) is 12.8 Å². The Morgan fingerprint density at radius 3 is 2.40 bits per heavy atom. The molecule has 0 amide bonds. The van der Waals surface area contributed by atoms with Gasteiger partial charge in [0.15, 0.2) is 0 Å². The summed E-state index contributed by atoms with van der Waals surface area (Å²) in [5, 5.41) is 0.490. The van der Waals surface area contributed by atoms with E-state index in [0.29, 0.717) is 11.9 Å². The molecule has 0 spiro atoms. The Labute approximate surface area is 131 Å². The molecule has 0 saturated carbocycles. The molecule has 112 valence electrons. The lowest BCUT2D eigenvalue weighted by Gasteiger charge is -2.19. The molecule has 0 saturated heterocycles. The summed E-state index contributed by atoms with van der Waals surface area (Å²) < 4.78 is 4.71. The van der Waals surface area contributed by atoms with Crippen LogP contribution >= 0.6 is 23.4 Å². The first kappa shape index (κ1) is 17.4. The summed E-state index contributed by atoms with van der Waals surface area (Å²) in [6, 6.07) is 8.76. The van der Waals surface area contributed by atoms with Crippen LogP contribution in [-0.4, -0.2) is 17.3 Å². The number of hydrogen-bond donors (Lipinski definition) is 0. The lowest BCUT2D eigenvalue weighted by atomic mass is 9.87. The molecule has 0 fully saturated rings. The molecule has 0 bridgehead atoms. The third-order valence-electron chi connectivity index (χ3n) is 3.03. The Kier molecular flexibility index (Phi) is 6.90. The van der Waals surface area contributed by atoms with Gasteiger partial charge in [-0.15, -0.1) is 11.8 Å². The first-order valence-electron chi connectivity index (χ1n) is 6.88. The largest absolute Gasteiger partial charge is 0.454 e. The molecule has 1 aromatic carbocycles. The van der Waals surface area contributed by atoms with Gasteiger partial charge in [0.2, 0.25) is 0 Å². The van der Waals surface area contributed by atoms with Crippen molar-refractivity contribution in [3.8, 4) is 0 Å². The van der Waals surface area contributed by atoms with Gasteiger partial charge in [-0.25, -0.2) is 4.79 Å². The van der Waals surface area contributed by atoms with Crippen molar-refractivity contribution in [3.63, 3.8) is 0 Å². The van der Waals surface area contributed by atoms with E-state index < -0.39 is 5.43 Å². The van der Waals surface area contributed by atoms with E-state index in [4.69, 9.17) is 16.3 Å². The molecule has 2 nitrogen and oxygen atoms in total. The van der Waals surface area contributed by atoms with E-state index >= 15 is 0 Å². The highest BCUT2D eigenvalue weighted by Gasteiger charge is 2.13. The molecule has 0 radical (unpaired) electrons. The van der Waals surface area contributed by atoms with Crippen LogP contribution in [0.4, 0.5) is 4.79 Å². The minimum absolute atomic E-state index is 0.195. The Hall–Kier alpha value is -0.670. The highest BCUT2D eigenvalue weighted by Crippen LogP contribution is 2.29. The fourth-order valence-electron chi connectivity index (χ4n) is 1.85. The fraction of sp³-hybridized carbons (Fsp3) is 0.562. The molecule has 1 rings (SSSR count). The molecule has 0 aliphatic heterocycles. The van der Waals surface area contributed by atoms with Gasteiger partial charge in [0.1, 0.15) is 0 Å². The third-order valence-corrected chi connectivity index (χ3v) is 4.32. The van der Waals surface area contributed by atoms with E-state index in [9.17, 15) is 4.79 Å². The van der Waals surface area contributed by atoms with Gasteiger partial charge in [-0.2, -0.15) is 0 Å². The number of halogens is 1. The molecule has 0 aliphatic rings. The molecule has 0 N–H and O–H groups in total. The summed E-state index contributed by atoms with van der Waals surface area (Å²) in [5.74, 6) is 0. The number of rotatable bonds is 6. The summed E-state index contributed by atoms with van der Waals surface area (Å²) in [7, 11) is 0. The average molecular weight is 315 g/mol. The van der Waals surface area contributed by atoms with Gasteiger partial charge < -0.3 is 4.74 Å². The minimum atomic E-state index is -0.719. The van der Waals surface area contributed by atoms with Crippen molar-refractivity contribution < 1.29 is 9.53 Å². The normalized spacial score (nSPS) is 13.1. The van der Waals surface area contributed by atoms with Gasteiger partial charge in [0.25, 0.3) is 0 Å². The highest BCUT2D eigenvalue weighted by atomic mass is 35.5. The standard InChI is InChI=1S/C16H23ClO2S/c1-12(6-5-11-19-15(17)18)20-14-9-7-13(8-10-14)16(2,3)4/h7-10,12H,5-6,11H2,1-4H3. The zero-order valence-corrected chi connectivity index (χ0v) is 14.2. The van der Waals surface area contributed by atoms with Crippen LogP contribution in [0.3, 0.4) is 0 Å². The predicted molar refractivity (Wildman–Crippen MR) is 86.9 cm³/mol. The second-order valence-electron chi connectivity index (χ2n) is 5.93. The van der Waals surface area contributed by atoms with E-state index in [1.165, 1.54) is 10.5 Å². The van der Waals surface area contributed by atoms with Gasteiger partial charge in [-0.3, -0.25) is 0 Å². The smallest absolute Gasteiger partial charge is 0.403 e. The Bertz CT molecular complexity index is 423. The maximum absolute atomic E-state index is 10.4. The van der Waals surface area contributed by atoms with Crippen LogP contribution in [0, 0.1) is 0 Å². The molecule has 1 unspecified atom stereocenters. The van der Waals surface area contributed by atoms with Crippen LogP contribution in [0.25, 0.3) is 0 Å². The summed E-state index contributed by atoms with van der Waals surface area (Å²) in [6.07, 6.45) is 1.84. The van der Waals surface area contributed by atoms with Crippen LogP contribution in [0.15, 0.2) is 29.2 Å². The van der Waals surface area contributed by atoms with Crippen LogP contribution in [-0.2, 0) is 10.2 Å². The molecule has 20 heavy (non-hydrogen) atoms. The number of benzene rings is 1. The average Bonchev–Trinajstić information content (AvgIpc) is 2.34. The fourth-order valence-corrected chi connectivity index (χ4v) is 2.97. The number of carbonyl (C=O) groups is 1. The molecule has 0 aliphatic carbocycles. The topological polar surface area (TPSA) is 26.3 Å². The SMILES string of the molecule is CC(CCCOC(=O)Cl)Sc1ccc(C(C)(C)C)cc1. The molecule has 4 heteroatoms. The second-order valence-corrected chi connectivity index (χ2v) is 7.75. The third kappa shape index (κ3) is 6.67. The predicted octanol–water partition coefficient (Wildman–Crippen LogP) is 5.62. The van der Waals surface area contributed by atoms with Crippen molar-refractivity contribution in [3.05, 3.63) is 29.8 Å². The van der Waals surface area contributed by atoms with Gasteiger partial charge in [-0.05, 0) is 36.0 Å². The lowest BCUT2D eigenvalue weighted by molar-refractivity contribution is 0.171. The number of ether oxygens (including phenoxy) is 1. The molecule has 1 atom stereocenters. The van der Waals surface area contributed by atoms with Gasteiger partial charge in [-0.1, -0.05) is 39.8 Å². The van der Waals surface area contributed by atoms with Crippen LogP contribution in [0.5, 0.6) is 0 Å². The quantitative estimate of drug-likeness (QED) is 0.387. The zero-order chi connectivity index (χ0) is 15.2. The van der Waals surface area contributed by atoms with E-state index in [2.05, 4.69) is 52.0 Å². The molecular formula is C16H23ClO2S. The van der Waals surface area contributed by atoms with Crippen LogP contribution < -0.4 is 0 Å². The summed E-state index contributed by atoms with van der Waals surface area (Å²) in [6.45, 7) is 9.24. The Morgan fingerprint density at radius 2 is 1.90 bits per heavy atom. The first-order valence-corrected chi connectivity index (χ1v) is 8.14. The maximum atomic E-state index is 10.4. The maximum Gasteiger partial charge on any atom is 0.403 e. The van der Waals surface area contributed by atoms with Crippen molar-refractivity contribution in [2.24, 2.45) is 0 Å². The highest BCUT2D eigenvalue weighted by molar-refractivity contribution is 7.99. The van der Waals surface area contributed by atoms with Crippen molar-refractivity contribution in [2.45, 2.75) is 56.1 Å². The van der Waals surface area contributed by atoms with Crippen molar-refractivity contribution in [1.29, 1.82) is 0 Å². The van der Waals surface area contributed by atoms with Gasteiger partial charge in [0.05, 0.1) is 6.61 Å². The number of thioether (sulfide) groups is 1. The Balaban J connectivity index is 2.38. The second kappa shape index (κ2) is 7.94. The molecule has 0 aromatic heterocycles. The van der Waals surface area contributed by atoms with E-state index in [1.54, 1.807) is 0 Å². The summed E-state index contributed by atoms with van der Waals surface area (Å²) in [4.78, 5) is 11.7. The summed E-state index contributed by atoms with van der Waals surface area (Å²) in [5.41, 5.74) is 0.826. The van der Waals surface area contributed by atoms with E-state index in [-0.39, 0.29) is 5.41 Å². The Morgan fingerprint density at radius 1 is 1.30 bits per heavy atom. The first-order chi connectivity index (χ1) is 9.29. The number of carbonyl (C=O) groups excluding carboxylic acids is 1. The monoisotopic (exact) mass is 314 g/mol. The van der Waals surface area contributed by atoms with Gasteiger partial charge in [0, 0.05) is 21.7 Å².